The van der Waals surface area contributed by atoms with Crippen LogP contribution in [0.1, 0.15) is 32.6 Å². The number of hydrogen-bond donors (Lipinski definition) is 1. The molecule has 0 radical (unpaired) electrons. The number of aromatic hydroxyl groups is 1. The van der Waals surface area contributed by atoms with Crippen LogP contribution >= 0.6 is 11.8 Å². The maximum Gasteiger partial charge on any atom is 0.303 e. The molecule has 13 nitrogen and oxygen atoms in total. The maximum absolute atomic E-state index is 13.4. The molecular formula is C21H25N3O10S. The summed E-state index contributed by atoms with van der Waals surface area (Å²) in [6.45, 7) is 4.32. The molecule has 4 atom stereocenters. The van der Waals surface area contributed by atoms with Gasteiger partial charge in [0.25, 0.3) is 11.1 Å². The van der Waals surface area contributed by atoms with E-state index in [9.17, 15) is 29.1 Å². The summed E-state index contributed by atoms with van der Waals surface area (Å²) in [4.78, 5) is 66.2. The van der Waals surface area contributed by atoms with E-state index in [2.05, 4.69) is 4.98 Å². The summed E-state index contributed by atoms with van der Waals surface area (Å²) in [5, 5.41) is 10.6. The van der Waals surface area contributed by atoms with Crippen molar-refractivity contribution in [1.82, 2.24) is 14.1 Å². The van der Waals surface area contributed by atoms with Gasteiger partial charge in [-0.2, -0.15) is 0 Å². The lowest BCUT2D eigenvalue weighted by Gasteiger charge is -2.41. The first-order chi connectivity index (χ1) is 16.4. The Bertz CT molecular complexity index is 1320. The quantitative estimate of drug-likeness (QED) is 0.250. The Morgan fingerprint density at radius 2 is 1.60 bits per heavy atom. The molecule has 0 bridgehead atoms. The zero-order chi connectivity index (χ0) is 26.2. The van der Waals surface area contributed by atoms with Crippen LogP contribution in [0.15, 0.2) is 14.7 Å². The molecule has 3 heterocycles. The van der Waals surface area contributed by atoms with E-state index in [-0.39, 0.29) is 28.4 Å². The van der Waals surface area contributed by atoms with Crippen LogP contribution in [0.2, 0.25) is 0 Å². The van der Waals surface area contributed by atoms with E-state index in [1.807, 2.05) is 0 Å². The van der Waals surface area contributed by atoms with Gasteiger partial charge < -0.3 is 24.1 Å². The van der Waals surface area contributed by atoms with Gasteiger partial charge in [-0.25, -0.2) is 4.98 Å². The summed E-state index contributed by atoms with van der Waals surface area (Å²) < 4.78 is 23.9. The predicted molar refractivity (Wildman–Crippen MR) is 121 cm³/mol. The van der Waals surface area contributed by atoms with Crippen molar-refractivity contribution in [3.8, 4) is 5.75 Å². The van der Waals surface area contributed by atoms with E-state index in [4.69, 9.17) is 18.9 Å². The van der Waals surface area contributed by atoms with Gasteiger partial charge in [0.2, 0.25) is 0 Å². The van der Waals surface area contributed by atoms with Crippen molar-refractivity contribution in [2.45, 2.75) is 57.4 Å². The van der Waals surface area contributed by atoms with E-state index in [0.717, 1.165) is 37.1 Å². The second-order valence-corrected chi connectivity index (χ2v) is 8.60. The lowest BCUT2D eigenvalue weighted by atomic mass is 10.0. The Hall–Kier alpha value is -3.39. The molecule has 0 unspecified atom stereocenters. The van der Waals surface area contributed by atoms with Crippen molar-refractivity contribution in [3.05, 3.63) is 26.3 Å². The minimum absolute atomic E-state index is 0.176. The minimum Gasteiger partial charge on any atom is -0.506 e. The SMILES string of the molecule is CSc1nc2c(c(O)c(C)c(=O)n2[C@@H]2OC[C@@H](OC(C)=O)[C@H](OC(C)=O)[C@H]2OC(C)=O)c(=O)n1C. The molecule has 1 fully saturated rings. The molecule has 0 aliphatic carbocycles. The van der Waals surface area contributed by atoms with Gasteiger partial charge in [-0.05, 0) is 13.2 Å². The number of ether oxygens (including phenoxy) is 4. The van der Waals surface area contributed by atoms with Gasteiger partial charge in [-0.1, -0.05) is 11.8 Å². The molecule has 0 saturated carbocycles. The average molecular weight is 512 g/mol. The summed E-state index contributed by atoms with van der Waals surface area (Å²) in [7, 11) is 1.46. The van der Waals surface area contributed by atoms with Crippen LogP contribution < -0.4 is 11.1 Å². The third-order valence-corrected chi connectivity index (χ3v) is 6.08. The van der Waals surface area contributed by atoms with E-state index >= 15 is 0 Å². The van der Waals surface area contributed by atoms with Crippen LogP contribution in [0.25, 0.3) is 11.0 Å². The van der Waals surface area contributed by atoms with Crippen molar-refractivity contribution < 1.29 is 38.4 Å². The number of fused-ring (bicyclic) bond motifs is 1. The third kappa shape index (κ3) is 4.89. The number of carbonyl (C=O) groups excluding carboxylic acids is 3. The number of carbonyl (C=O) groups is 3. The van der Waals surface area contributed by atoms with Gasteiger partial charge in [-0.3, -0.25) is 33.1 Å². The van der Waals surface area contributed by atoms with Crippen molar-refractivity contribution >= 4 is 40.7 Å². The Morgan fingerprint density at radius 3 is 2.14 bits per heavy atom. The van der Waals surface area contributed by atoms with E-state index < -0.39 is 59.3 Å². The summed E-state index contributed by atoms with van der Waals surface area (Å²) in [6, 6.07) is 0. The Labute approximate surface area is 202 Å². The molecule has 3 rings (SSSR count). The van der Waals surface area contributed by atoms with Crippen molar-refractivity contribution in [1.29, 1.82) is 0 Å². The number of rotatable bonds is 5. The molecule has 2 aromatic heterocycles. The standard InChI is InChI=1S/C21H25N3O10S/c1-8-14(28)13-17(22-21(35-6)23(5)19(13)30)24(18(8)29)20-16(34-11(4)27)15(33-10(3)26)12(7-31-20)32-9(2)25/h12,15-16,20,28H,7H2,1-6H3/t12-,15+,16-,20-/m1/s1. The number of aromatic nitrogens is 3. The minimum atomic E-state index is -1.47. The largest absolute Gasteiger partial charge is 0.506 e. The van der Waals surface area contributed by atoms with Gasteiger partial charge in [0.15, 0.2) is 35.3 Å². The zero-order valence-corrected chi connectivity index (χ0v) is 20.7. The summed E-state index contributed by atoms with van der Waals surface area (Å²) in [5.74, 6) is -2.81. The molecule has 1 aliphatic heterocycles. The van der Waals surface area contributed by atoms with E-state index in [1.54, 1.807) is 6.26 Å². The molecule has 0 spiro atoms. The molecule has 190 valence electrons. The van der Waals surface area contributed by atoms with E-state index in [1.165, 1.54) is 18.5 Å². The van der Waals surface area contributed by atoms with Gasteiger partial charge in [-0.15, -0.1) is 0 Å². The molecule has 1 aliphatic rings. The third-order valence-electron chi connectivity index (χ3n) is 5.35. The first-order valence-corrected chi connectivity index (χ1v) is 11.6. The number of nitrogens with zero attached hydrogens (tertiary/aromatic N) is 3. The Kier molecular flexibility index (Phi) is 7.55. The fourth-order valence-corrected chi connectivity index (χ4v) is 4.42. The average Bonchev–Trinajstić information content (AvgIpc) is 2.76. The second kappa shape index (κ2) is 10.1. The summed E-state index contributed by atoms with van der Waals surface area (Å²) >= 11 is 1.13. The van der Waals surface area contributed by atoms with Crippen molar-refractivity contribution in [2.75, 3.05) is 12.9 Å². The summed E-state index contributed by atoms with van der Waals surface area (Å²) in [5.41, 5.74) is -1.80. The first-order valence-electron chi connectivity index (χ1n) is 10.4. The maximum atomic E-state index is 13.4. The number of hydrogen-bond acceptors (Lipinski definition) is 12. The van der Waals surface area contributed by atoms with Gasteiger partial charge in [0, 0.05) is 27.8 Å². The highest BCUT2D eigenvalue weighted by Gasteiger charge is 2.48. The predicted octanol–water partition coefficient (Wildman–Crippen LogP) is 0.155. The van der Waals surface area contributed by atoms with Gasteiger partial charge >= 0.3 is 17.9 Å². The molecule has 0 aromatic carbocycles. The number of thioether (sulfide) groups is 1. The lowest BCUT2D eigenvalue weighted by Crippen LogP contribution is -2.56. The fraction of sp³-hybridized carbons (Fsp3) is 0.524. The van der Waals surface area contributed by atoms with Crippen LogP contribution in [-0.2, 0) is 40.4 Å². The molecule has 1 saturated heterocycles. The van der Waals surface area contributed by atoms with Crippen LogP contribution in [0, 0.1) is 6.92 Å². The van der Waals surface area contributed by atoms with Crippen molar-refractivity contribution in [2.24, 2.45) is 7.05 Å². The second-order valence-electron chi connectivity index (χ2n) is 7.83. The molecule has 14 heteroatoms. The Morgan fingerprint density at radius 1 is 1.03 bits per heavy atom. The fourth-order valence-electron chi connectivity index (χ4n) is 3.88. The molecule has 2 aromatic rings. The highest BCUT2D eigenvalue weighted by atomic mass is 32.2. The monoisotopic (exact) mass is 511 g/mol. The van der Waals surface area contributed by atoms with Crippen LogP contribution in [0.5, 0.6) is 5.75 Å². The van der Waals surface area contributed by atoms with Crippen LogP contribution in [-0.4, -0.2) is 68.3 Å². The summed E-state index contributed by atoms with van der Waals surface area (Å²) in [6.07, 6.45) is -3.74. The highest BCUT2D eigenvalue weighted by molar-refractivity contribution is 7.98. The smallest absolute Gasteiger partial charge is 0.303 e. The van der Waals surface area contributed by atoms with Crippen LogP contribution in [0.4, 0.5) is 0 Å². The highest BCUT2D eigenvalue weighted by Crippen LogP contribution is 2.33. The number of esters is 3. The van der Waals surface area contributed by atoms with Gasteiger partial charge in [0.05, 0.1) is 12.2 Å². The normalized spacial score (nSPS) is 22.0. The lowest BCUT2D eigenvalue weighted by molar-refractivity contribution is -0.239. The molecular weight excluding hydrogens is 486 g/mol. The first kappa shape index (κ1) is 26.2. The van der Waals surface area contributed by atoms with Crippen molar-refractivity contribution in [3.63, 3.8) is 0 Å². The van der Waals surface area contributed by atoms with Crippen LogP contribution in [0.3, 0.4) is 0 Å². The molecule has 1 N–H and O–H groups in total. The van der Waals surface area contributed by atoms with Gasteiger partial charge in [0.1, 0.15) is 11.1 Å². The molecule has 35 heavy (non-hydrogen) atoms. The molecule has 0 amide bonds. The zero-order valence-electron chi connectivity index (χ0n) is 19.9. The number of pyridine rings is 1. The Balaban J connectivity index is 2.34. The topological polar surface area (TPSA) is 165 Å². The van der Waals surface area contributed by atoms with E-state index in [0.29, 0.717) is 0 Å².